The molecular weight excluding hydrogens is 224 g/mol. The highest BCUT2D eigenvalue weighted by Crippen LogP contribution is 2.31. The second-order valence-electron chi connectivity index (χ2n) is 4.61. The van der Waals surface area contributed by atoms with E-state index in [2.05, 4.69) is 4.98 Å². The Balaban J connectivity index is 2.14. The van der Waals surface area contributed by atoms with E-state index in [0.29, 0.717) is 18.0 Å². The van der Waals surface area contributed by atoms with E-state index in [1.165, 1.54) is 12.5 Å². The monoisotopic (exact) mass is 237 g/mol. The first-order valence-electron chi connectivity index (χ1n) is 5.76. The maximum Gasteiger partial charge on any atom is 0.201 e. The SMILES string of the molecule is Nc1nc2ccc(F)c(F)c2n1CC1CCC1. The van der Waals surface area contributed by atoms with Gasteiger partial charge in [-0.1, -0.05) is 6.42 Å². The second kappa shape index (κ2) is 3.68. The summed E-state index contributed by atoms with van der Waals surface area (Å²) in [5, 5.41) is 0. The third kappa shape index (κ3) is 1.57. The molecule has 1 aromatic heterocycles. The molecule has 1 aliphatic carbocycles. The number of hydrogen-bond acceptors (Lipinski definition) is 2. The molecule has 3 nitrogen and oxygen atoms in total. The van der Waals surface area contributed by atoms with Gasteiger partial charge < -0.3 is 10.3 Å². The van der Waals surface area contributed by atoms with E-state index in [1.807, 2.05) is 0 Å². The lowest BCUT2D eigenvalue weighted by atomic mass is 9.85. The first-order chi connectivity index (χ1) is 8.16. The number of anilines is 1. The van der Waals surface area contributed by atoms with Crippen LogP contribution in [0.15, 0.2) is 12.1 Å². The zero-order valence-electron chi connectivity index (χ0n) is 9.29. The first-order valence-corrected chi connectivity index (χ1v) is 5.76. The van der Waals surface area contributed by atoms with Gasteiger partial charge in [0.05, 0.1) is 5.52 Å². The van der Waals surface area contributed by atoms with Gasteiger partial charge in [-0.05, 0) is 30.9 Å². The van der Waals surface area contributed by atoms with Gasteiger partial charge >= 0.3 is 0 Å². The highest BCUT2D eigenvalue weighted by atomic mass is 19.2. The molecule has 1 fully saturated rings. The van der Waals surface area contributed by atoms with E-state index in [-0.39, 0.29) is 11.5 Å². The predicted molar refractivity (Wildman–Crippen MR) is 61.4 cm³/mol. The van der Waals surface area contributed by atoms with E-state index < -0.39 is 11.6 Å². The molecule has 1 aromatic carbocycles. The van der Waals surface area contributed by atoms with Gasteiger partial charge in [0.1, 0.15) is 5.52 Å². The van der Waals surface area contributed by atoms with E-state index in [4.69, 9.17) is 5.73 Å². The van der Waals surface area contributed by atoms with Crippen molar-refractivity contribution in [2.24, 2.45) is 5.92 Å². The molecule has 1 saturated carbocycles. The number of hydrogen-bond donors (Lipinski definition) is 1. The van der Waals surface area contributed by atoms with Gasteiger partial charge in [-0.3, -0.25) is 0 Å². The van der Waals surface area contributed by atoms with E-state index in [1.54, 1.807) is 4.57 Å². The second-order valence-corrected chi connectivity index (χ2v) is 4.61. The predicted octanol–water partition coefficient (Wildman–Crippen LogP) is 2.70. The molecule has 2 N–H and O–H groups in total. The van der Waals surface area contributed by atoms with Crippen molar-refractivity contribution in [3.63, 3.8) is 0 Å². The minimum Gasteiger partial charge on any atom is -0.369 e. The highest BCUT2D eigenvalue weighted by Gasteiger charge is 2.22. The van der Waals surface area contributed by atoms with Crippen LogP contribution in [0.4, 0.5) is 14.7 Å². The van der Waals surface area contributed by atoms with Crippen molar-refractivity contribution in [2.75, 3.05) is 5.73 Å². The number of nitrogens with zero attached hydrogens (tertiary/aromatic N) is 2. The van der Waals surface area contributed by atoms with Gasteiger partial charge in [0.2, 0.25) is 5.95 Å². The molecule has 3 rings (SSSR count). The summed E-state index contributed by atoms with van der Waals surface area (Å²) in [6, 6.07) is 2.54. The van der Waals surface area contributed by atoms with Gasteiger partial charge in [0.15, 0.2) is 11.6 Å². The topological polar surface area (TPSA) is 43.8 Å². The zero-order valence-corrected chi connectivity index (χ0v) is 9.29. The largest absolute Gasteiger partial charge is 0.369 e. The molecular formula is C12H13F2N3. The number of aromatic nitrogens is 2. The summed E-state index contributed by atoms with van der Waals surface area (Å²) in [7, 11) is 0. The van der Waals surface area contributed by atoms with Gasteiger partial charge in [0, 0.05) is 6.54 Å². The lowest BCUT2D eigenvalue weighted by molar-refractivity contribution is 0.280. The maximum atomic E-state index is 13.8. The van der Waals surface area contributed by atoms with Crippen LogP contribution >= 0.6 is 0 Å². The molecule has 0 atom stereocenters. The molecule has 1 aliphatic rings. The standard InChI is InChI=1S/C12H13F2N3/c13-8-4-5-9-11(10(8)14)17(12(15)16-9)6-7-2-1-3-7/h4-5,7H,1-3,6H2,(H2,15,16). The molecule has 1 heterocycles. The minimum atomic E-state index is -0.856. The molecule has 0 amide bonds. The Labute approximate surface area is 97.2 Å². The zero-order chi connectivity index (χ0) is 12.0. The molecule has 0 bridgehead atoms. The Morgan fingerprint density at radius 2 is 2.12 bits per heavy atom. The molecule has 0 aliphatic heterocycles. The maximum absolute atomic E-state index is 13.8. The molecule has 90 valence electrons. The third-order valence-corrected chi connectivity index (χ3v) is 3.49. The lowest BCUT2D eigenvalue weighted by Crippen LogP contribution is -2.19. The average Bonchev–Trinajstić information content (AvgIpc) is 2.55. The van der Waals surface area contributed by atoms with Crippen LogP contribution in [0.1, 0.15) is 19.3 Å². The summed E-state index contributed by atoms with van der Waals surface area (Å²) >= 11 is 0. The fraction of sp³-hybridized carbons (Fsp3) is 0.417. The van der Waals surface area contributed by atoms with Crippen molar-refractivity contribution in [3.8, 4) is 0 Å². The van der Waals surface area contributed by atoms with Crippen molar-refractivity contribution in [2.45, 2.75) is 25.8 Å². The number of nitrogens with two attached hydrogens (primary N) is 1. The molecule has 0 radical (unpaired) electrons. The summed E-state index contributed by atoms with van der Waals surface area (Å²) in [6.45, 7) is 0.628. The number of fused-ring (bicyclic) bond motifs is 1. The third-order valence-electron chi connectivity index (χ3n) is 3.49. The summed E-state index contributed by atoms with van der Waals surface area (Å²) in [5.74, 6) is -0.938. The van der Waals surface area contributed by atoms with Crippen molar-refractivity contribution in [1.82, 2.24) is 9.55 Å². The van der Waals surface area contributed by atoms with Crippen LogP contribution in [0, 0.1) is 17.6 Å². The van der Waals surface area contributed by atoms with Gasteiger partial charge in [-0.25, -0.2) is 13.8 Å². The van der Waals surface area contributed by atoms with Gasteiger partial charge in [-0.15, -0.1) is 0 Å². The average molecular weight is 237 g/mol. The van der Waals surface area contributed by atoms with Crippen molar-refractivity contribution in [3.05, 3.63) is 23.8 Å². The fourth-order valence-corrected chi connectivity index (χ4v) is 2.29. The molecule has 5 heteroatoms. The van der Waals surface area contributed by atoms with Crippen LogP contribution in [0.5, 0.6) is 0 Å². The number of halogens is 2. The molecule has 17 heavy (non-hydrogen) atoms. The van der Waals surface area contributed by atoms with Gasteiger partial charge in [-0.2, -0.15) is 0 Å². The highest BCUT2D eigenvalue weighted by molar-refractivity contribution is 5.79. The number of rotatable bonds is 2. The normalized spacial score (nSPS) is 16.4. The van der Waals surface area contributed by atoms with Crippen molar-refractivity contribution < 1.29 is 8.78 Å². The Morgan fingerprint density at radius 1 is 1.35 bits per heavy atom. The minimum absolute atomic E-state index is 0.189. The van der Waals surface area contributed by atoms with Crippen LogP contribution in [-0.2, 0) is 6.54 Å². The van der Waals surface area contributed by atoms with Crippen molar-refractivity contribution in [1.29, 1.82) is 0 Å². The molecule has 0 spiro atoms. The molecule has 0 unspecified atom stereocenters. The Hall–Kier alpha value is -1.65. The van der Waals surface area contributed by atoms with E-state index in [9.17, 15) is 8.78 Å². The molecule has 0 saturated heterocycles. The quantitative estimate of drug-likeness (QED) is 0.872. The van der Waals surface area contributed by atoms with Crippen LogP contribution in [0.25, 0.3) is 11.0 Å². The van der Waals surface area contributed by atoms with Crippen molar-refractivity contribution >= 4 is 17.0 Å². The Bertz CT molecular complexity index is 573. The summed E-state index contributed by atoms with van der Waals surface area (Å²) in [4.78, 5) is 4.06. The number of imidazole rings is 1. The first kappa shape index (κ1) is 10.5. The number of benzene rings is 1. The van der Waals surface area contributed by atoms with Crippen LogP contribution in [0.2, 0.25) is 0 Å². The molecule has 2 aromatic rings. The van der Waals surface area contributed by atoms with E-state index in [0.717, 1.165) is 18.9 Å². The number of nitrogen functional groups attached to an aromatic ring is 1. The lowest BCUT2D eigenvalue weighted by Gasteiger charge is -2.26. The fourth-order valence-electron chi connectivity index (χ4n) is 2.29. The Kier molecular flexibility index (Phi) is 2.28. The summed E-state index contributed by atoms with van der Waals surface area (Å²) < 4.78 is 28.6. The Morgan fingerprint density at radius 3 is 2.76 bits per heavy atom. The summed E-state index contributed by atoms with van der Waals surface area (Å²) in [5.41, 5.74) is 6.37. The van der Waals surface area contributed by atoms with Crippen LogP contribution in [-0.4, -0.2) is 9.55 Å². The van der Waals surface area contributed by atoms with Crippen LogP contribution in [0.3, 0.4) is 0 Å². The smallest absolute Gasteiger partial charge is 0.201 e. The van der Waals surface area contributed by atoms with Gasteiger partial charge in [0.25, 0.3) is 0 Å². The van der Waals surface area contributed by atoms with E-state index >= 15 is 0 Å². The van der Waals surface area contributed by atoms with Crippen LogP contribution < -0.4 is 5.73 Å². The summed E-state index contributed by atoms with van der Waals surface area (Å²) in [6.07, 6.45) is 3.44.